The molecule has 0 saturated carbocycles. The molecular weight excluding hydrogens is 441 g/mol. The number of anilines is 2. The number of rotatable bonds is 6. The zero-order valence-corrected chi connectivity index (χ0v) is 15.3. The van der Waals surface area contributed by atoms with Crippen LogP contribution in [0.5, 0.6) is 11.5 Å². The predicted molar refractivity (Wildman–Crippen MR) is 98.0 cm³/mol. The smallest absolute Gasteiger partial charge is 0.341 e. The zero-order chi connectivity index (χ0) is 18.6. The Morgan fingerprint density at radius 2 is 2.08 bits per heavy atom. The van der Waals surface area contributed by atoms with Crippen LogP contribution in [-0.2, 0) is 4.79 Å². The number of halogens is 1. The molecule has 130 valence electrons. The predicted octanol–water partition coefficient (Wildman–Crippen LogP) is 1.65. The lowest BCUT2D eigenvalue weighted by molar-refractivity contribution is -0.139. The Kier molecular flexibility index (Phi) is 5.81. The van der Waals surface area contributed by atoms with Crippen LogP contribution in [-0.4, -0.2) is 34.3 Å². The number of hydrogen-bond acceptors (Lipinski definition) is 8. The highest BCUT2D eigenvalue weighted by Crippen LogP contribution is 2.38. The number of nitrogen functional groups attached to an aromatic ring is 2. The van der Waals surface area contributed by atoms with E-state index in [1.807, 2.05) is 28.7 Å². The molecule has 0 spiro atoms. The Balaban J connectivity index is 2.61. The largest absolute Gasteiger partial charge is 0.490 e. The van der Waals surface area contributed by atoms with E-state index in [0.29, 0.717) is 27.2 Å². The second-order valence-electron chi connectivity index (χ2n) is 4.70. The molecule has 1 aromatic heterocycles. The van der Waals surface area contributed by atoms with Crippen molar-refractivity contribution in [2.45, 2.75) is 6.92 Å². The summed E-state index contributed by atoms with van der Waals surface area (Å²) in [7, 11) is 0. The fraction of sp³-hybridized carbons (Fsp3) is 0.200. The zero-order valence-electron chi connectivity index (χ0n) is 13.1. The molecule has 0 atom stereocenters. The molecule has 10 heteroatoms. The second-order valence-corrected chi connectivity index (χ2v) is 5.87. The van der Waals surface area contributed by atoms with Gasteiger partial charge in [-0.25, -0.2) is 9.78 Å². The van der Waals surface area contributed by atoms with Gasteiger partial charge in [-0.05, 0) is 41.6 Å². The van der Waals surface area contributed by atoms with Crippen LogP contribution in [0.4, 0.5) is 11.8 Å². The molecule has 5 N–H and O–H groups in total. The first-order chi connectivity index (χ1) is 11.9. The number of nitrogens with two attached hydrogens (primary N) is 2. The Bertz CT molecular complexity index is 866. The summed E-state index contributed by atoms with van der Waals surface area (Å²) < 4.78 is 11.4. The van der Waals surface area contributed by atoms with Crippen molar-refractivity contribution in [3.8, 4) is 28.8 Å². The molecule has 1 aromatic carbocycles. The number of carboxylic acids is 1. The first-order valence-electron chi connectivity index (χ1n) is 7.01. The number of aliphatic carboxylic acids is 1. The van der Waals surface area contributed by atoms with Crippen molar-refractivity contribution < 1.29 is 19.4 Å². The lowest BCUT2D eigenvalue weighted by Crippen LogP contribution is -2.11. The van der Waals surface area contributed by atoms with Crippen LogP contribution < -0.4 is 20.9 Å². The van der Waals surface area contributed by atoms with E-state index >= 15 is 0 Å². The highest BCUT2D eigenvalue weighted by atomic mass is 127. The summed E-state index contributed by atoms with van der Waals surface area (Å²) in [6.45, 7) is 1.61. The number of hydrogen-bond donors (Lipinski definition) is 3. The van der Waals surface area contributed by atoms with E-state index in [0.717, 1.165) is 0 Å². The van der Waals surface area contributed by atoms with Gasteiger partial charge in [0.05, 0.1) is 15.9 Å². The van der Waals surface area contributed by atoms with Gasteiger partial charge in [0.2, 0.25) is 5.95 Å². The van der Waals surface area contributed by atoms with Crippen LogP contribution in [0, 0.1) is 14.9 Å². The maximum atomic E-state index is 10.8. The minimum Gasteiger partial charge on any atom is -0.490 e. The molecule has 25 heavy (non-hydrogen) atoms. The third kappa shape index (κ3) is 4.18. The highest BCUT2D eigenvalue weighted by Gasteiger charge is 2.19. The van der Waals surface area contributed by atoms with Crippen molar-refractivity contribution in [1.82, 2.24) is 9.97 Å². The van der Waals surface area contributed by atoms with Crippen LogP contribution >= 0.6 is 22.6 Å². The average Bonchev–Trinajstić information content (AvgIpc) is 2.53. The number of nitriles is 1. The summed E-state index contributed by atoms with van der Waals surface area (Å²) in [6, 6.07) is 5.21. The van der Waals surface area contributed by atoms with Gasteiger partial charge in [0.15, 0.2) is 18.1 Å². The molecule has 2 aromatic rings. The molecule has 0 amide bonds. The fourth-order valence-electron chi connectivity index (χ4n) is 2.06. The van der Waals surface area contributed by atoms with Gasteiger partial charge in [-0.15, -0.1) is 0 Å². The molecule has 9 nitrogen and oxygen atoms in total. The summed E-state index contributed by atoms with van der Waals surface area (Å²) in [6.07, 6.45) is 0. The van der Waals surface area contributed by atoms with Gasteiger partial charge in [0.1, 0.15) is 17.5 Å². The van der Waals surface area contributed by atoms with Gasteiger partial charge < -0.3 is 26.0 Å². The van der Waals surface area contributed by atoms with E-state index in [4.69, 9.17) is 26.0 Å². The SMILES string of the molecule is CCOc1cc(-c2nc(N)nc(N)c2C#N)cc(I)c1OCC(=O)O. The fourth-order valence-corrected chi connectivity index (χ4v) is 2.81. The van der Waals surface area contributed by atoms with E-state index in [9.17, 15) is 10.1 Å². The lowest BCUT2D eigenvalue weighted by Gasteiger charge is -2.15. The minimum atomic E-state index is -1.11. The molecule has 0 aliphatic heterocycles. The van der Waals surface area contributed by atoms with Crippen LogP contribution in [0.15, 0.2) is 12.1 Å². The van der Waals surface area contributed by atoms with Crippen LogP contribution in [0.1, 0.15) is 12.5 Å². The number of carbonyl (C=O) groups is 1. The van der Waals surface area contributed by atoms with Crippen molar-refractivity contribution >= 4 is 40.3 Å². The molecule has 1 heterocycles. The van der Waals surface area contributed by atoms with Crippen molar-refractivity contribution in [2.24, 2.45) is 0 Å². The van der Waals surface area contributed by atoms with Crippen molar-refractivity contribution in [2.75, 3.05) is 24.7 Å². The van der Waals surface area contributed by atoms with E-state index in [-0.39, 0.29) is 23.0 Å². The maximum Gasteiger partial charge on any atom is 0.341 e. The number of ether oxygens (including phenoxy) is 2. The molecule has 0 unspecified atom stereocenters. The Morgan fingerprint density at radius 1 is 1.36 bits per heavy atom. The monoisotopic (exact) mass is 455 g/mol. The summed E-state index contributed by atoms with van der Waals surface area (Å²) in [5.74, 6) is -0.576. The van der Waals surface area contributed by atoms with Crippen LogP contribution in [0.3, 0.4) is 0 Å². The Labute approximate surface area is 156 Å². The summed E-state index contributed by atoms with van der Waals surface area (Å²) >= 11 is 1.98. The van der Waals surface area contributed by atoms with Gasteiger partial charge in [0, 0.05) is 5.56 Å². The van der Waals surface area contributed by atoms with Crippen LogP contribution in [0.2, 0.25) is 0 Å². The van der Waals surface area contributed by atoms with Gasteiger partial charge in [-0.2, -0.15) is 10.2 Å². The average molecular weight is 455 g/mol. The van der Waals surface area contributed by atoms with E-state index in [1.54, 1.807) is 19.1 Å². The van der Waals surface area contributed by atoms with Crippen LogP contribution in [0.25, 0.3) is 11.3 Å². The minimum absolute atomic E-state index is 0.0239. The van der Waals surface area contributed by atoms with E-state index in [1.165, 1.54) is 0 Å². The van der Waals surface area contributed by atoms with E-state index in [2.05, 4.69) is 9.97 Å². The third-order valence-corrected chi connectivity index (χ3v) is 3.79. The topological polar surface area (TPSA) is 157 Å². The summed E-state index contributed by atoms with van der Waals surface area (Å²) in [5, 5.41) is 18.1. The maximum absolute atomic E-state index is 10.8. The van der Waals surface area contributed by atoms with E-state index < -0.39 is 12.6 Å². The quantitative estimate of drug-likeness (QED) is 0.551. The third-order valence-electron chi connectivity index (χ3n) is 2.99. The standard InChI is InChI=1S/C15H14IN5O4/c1-2-24-10-4-7(3-9(16)13(10)25-6-11(22)23)12-8(5-17)14(18)21-15(19)20-12/h3-4H,2,6H2,1H3,(H,22,23)(H4,18,19,20,21). The van der Waals surface area contributed by atoms with Crippen molar-refractivity contribution in [3.63, 3.8) is 0 Å². The van der Waals surface area contributed by atoms with Gasteiger partial charge in [0.25, 0.3) is 0 Å². The van der Waals surface area contributed by atoms with Crippen molar-refractivity contribution in [1.29, 1.82) is 5.26 Å². The van der Waals surface area contributed by atoms with Gasteiger partial charge in [-0.1, -0.05) is 0 Å². The van der Waals surface area contributed by atoms with Gasteiger partial charge >= 0.3 is 5.97 Å². The molecule has 0 radical (unpaired) electrons. The van der Waals surface area contributed by atoms with Gasteiger partial charge in [-0.3, -0.25) is 0 Å². The first-order valence-corrected chi connectivity index (χ1v) is 8.09. The van der Waals surface area contributed by atoms with Crippen molar-refractivity contribution in [3.05, 3.63) is 21.3 Å². The molecule has 0 bridgehead atoms. The molecule has 2 rings (SSSR count). The molecule has 0 aliphatic carbocycles. The summed E-state index contributed by atoms with van der Waals surface area (Å²) in [4.78, 5) is 18.6. The number of benzene rings is 1. The Morgan fingerprint density at radius 3 is 2.68 bits per heavy atom. The number of aromatic nitrogens is 2. The molecule has 0 aliphatic rings. The molecular formula is C15H14IN5O4. The lowest BCUT2D eigenvalue weighted by atomic mass is 10.1. The number of nitrogens with zero attached hydrogens (tertiary/aromatic N) is 3. The summed E-state index contributed by atoms with van der Waals surface area (Å²) in [5.41, 5.74) is 12.2. The second kappa shape index (κ2) is 7.84. The highest BCUT2D eigenvalue weighted by molar-refractivity contribution is 14.1. The molecule has 0 fully saturated rings. The number of carboxylic acid groups (broad SMARTS) is 1. The Hall–Kier alpha value is -2.81. The normalized spacial score (nSPS) is 10.1. The molecule has 0 saturated heterocycles. The first kappa shape index (κ1) is 18.5.